The van der Waals surface area contributed by atoms with Crippen LogP contribution in [0.5, 0.6) is 0 Å². The van der Waals surface area contributed by atoms with E-state index in [0.717, 1.165) is 12.1 Å². The zero-order valence-corrected chi connectivity index (χ0v) is 10.8. The maximum Gasteiger partial charge on any atom is 0.335 e. The number of benzene rings is 1. The number of hydrogen-bond donors (Lipinski definition) is 1. The Morgan fingerprint density at radius 2 is 1.90 bits per heavy atom. The van der Waals surface area contributed by atoms with Crippen molar-refractivity contribution in [1.82, 2.24) is 9.97 Å². The van der Waals surface area contributed by atoms with Crippen LogP contribution in [0.1, 0.15) is 16.2 Å². The minimum absolute atomic E-state index is 0.0363. The summed E-state index contributed by atoms with van der Waals surface area (Å²) in [7, 11) is -3.98. The maximum atomic E-state index is 13.7. The monoisotopic (exact) mass is 296 g/mol. The van der Waals surface area contributed by atoms with Gasteiger partial charge in [0.25, 0.3) is 0 Å². The van der Waals surface area contributed by atoms with Crippen LogP contribution in [0.2, 0.25) is 0 Å². The highest BCUT2D eigenvalue weighted by atomic mass is 32.2. The predicted molar refractivity (Wildman–Crippen MR) is 66.3 cm³/mol. The largest absolute Gasteiger partial charge is 0.478 e. The van der Waals surface area contributed by atoms with Crippen LogP contribution < -0.4 is 0 Å². The molecule has 20 heavy (non-hydrogen) atoms. The molecule has 0 bridgehead atoms. The van der Waals surface area contributed by atoms with E-state index in [2.05, 4.69) is 9.97 Å². The summed E-state index contributed by atoms with van der Waals surface area (Å²) in [5.41, 5.74) is -0.322. The first-order valence-electron chi connectivity index (χ1n) is 5.41. The summed E-state index contributed by atoms with van der Waals surface area (Å²) in [6.45, 7) is 0. The number of aromatic nitrogens is 2. The zero-order chi connectivity index (χ0) is 14.8. The summed E-state index contributed by atoms with van der Waals surface area (Å²) in [5.74, 6) is -2.97. The van der Waals surface area contributed by atoms with Gasteiger partial charge in [-0.05, 0) is 24.3 Å². The van der Waals surface area contributed by atoms with Crippen LogP contribution in [-0.4, -0.2) is 29.5 Å². The Morgan fingerprint density at radius 1 is 1.25 bits per heavy atom. The van der Waals surface area contributed by atoms with Gasteiger partial charge in [0.15, 0.2) is 9.84 Å². The lowest BCUT2D eigenvalue weighted by atomic mass is 10.2. The Kier molecular flexibility index (Phi) is 3.75. The Balaban J connectivity index is 2.37. The van der Waals surface area contributed by atoms with Crippen LogP contribution in [0.4, 0.5) is 4.39 Å². The second-order valence-electron chi connectivity index (χ2n) is 3.87. The fourth-order valence-corrected chi connectivity index (χ4v) is 2.81. The standard InChI is InChI=1S/C12H9FN2O4S/c13-9-6-8(12(16)17)2-3-10(9)20(18,19)7-11-14-4-1-5-15-11/h1-6H,7H2,(H,16,17). The van der Waals surface area contributed by atoms with E-state index >= 15 is 0 Å². The molecule has 1 aromatic carbocycles. The Morgan fingerprint density at radius 3 is 2.45 bits per heavy atom. The topological polar surface area (TPSA) is 97.2 Å². The van der Waals surface area contributed by atoms with Gasteiger partial charge in [0.05, 0.1) is 5.56 Å². The lowest BCUT2D eigenvalue weighted by Crippen LogP contribution is -2.10. The van der Waals surface area contributed by atoms with Crippen molar-refractivity contribution < 1.29 is 22.7 Å². The molecule has 0 spiro atoms. The number of halogens is 1. The highest BCUT2D eigenvalue weighted by molar-refractivity contribution is 7.90. The Bertz CT molecular complexity index is 747. The Labute approximate surface area is 113 Å². The first-order valence-corrected chi connectivity index (χ1v) is 7.07. The van der Waals surface area contributed by atoms with Crippen LogP contribution in [-0.2, 0) is 15.6 Å². The average Bonchev–Trinajstić information content (AvgIpc) is 2.38. The van der Waals surface area contributed by atoms with E-state index in [-0.39, 0.29) is 11.4 Å². The molecule has 0 radical (unpaired) electrons. The summed E-state index contributed by atoms with van der Waals surface area (Å²) >= 11 is 0. The normalized spacial score (nSPS) is 11.2. The molecule has 0 saturated carbocycles. The quantitative estimate of drug-likeness (QED) is 0.913. The van der Waals surface area contributed by atoms with Crippen molar-refractivity contribution in [2.24, 2.45) is 0 Å². The molecule has 0 atom stereocenters. The third kappa shape index (κ3) is 2.97. The fraction of sp³-hybridized carbons (Fsp3) is 0.0833. The molecule has 0 aliphatic heterocycles. The molecular weight excluding hydrogens is 287 g/mol. The van der Waals surface area contributed by atoms with Crippen LogP contribution in [0, 0.1) is 5.82 Å². The Hall–Kier alpha value is -2.35. The number of carboxylic acids is 1. The molecule has 1 heterocycles. The van der Waals surface area contributed by atoms with Gasteiger partial charge in [-0.15, -0.1) is 0 Å². The molecule has 2 rings (SSSR count). The van der Waals surface area contributed by atoms with Crippen molar-refractivity contribution >= 4 is 15.8 Å². The van der Waals surface area contributed by atoms with E-state index in [0.29, 0.717) is 6.07 Å². The number of sulfone groups is 1. The summed E-state index contributed by atoms with van der Waals surface area (Å²) < 4.78 is 37.8. The van der Waals surface area contributed by atoms with Gasteiger partial charge in [-0.25, -0.2) is 27.6 Å². The van der Waals surface area contributed by atoms with Crippen LogP contribution in [0.15, 0.2) is 41.6 Å². The van der Waals surface area contributed by atoms with Crippen molar-refractivity contribution in [1.29, 1.82) is 0 Å². The summed E-state index contributed by atoms with van der Waals surface area (Å²) in [4.78, 5) is 17.6. The highest BCUT2D eigenvalue weighted by Crippen LogP contribution is 2.19. The molecule has 0 amide bonds. The molecule has 0 unspecified atom stereocenters. The lowest BCUT2D eigenvalue weighted by molar-refractivity contribution is 0.0696. The number of carboxylic acid groups (broad SMARTS) is 1. The molecule has 6 nitrogen and oxygen atoms in total. The van der Waals surface area contributed by atoms with Crippen LogP contribution in [0.25, 0.3) is 0 Å². The van der Waals surface area contributed by atoms with Crippen molar-refractivity contribution in [2.75, 3.05) is 0 Å². The van der Waals surface area contributed by atoms with E-state index in [9.17, 15) is 17.6 Å². The molecule has 0 fully saturated rings. The number of rotatable bonds is 4. The summed E-state index contributed by atoms with van der Waals surface area (Å²) in [6, 6.07) is 4.15. The third-order valence-electron chi connectivity index (χ3n) is 2.45. The zero-order valence-electron chi connectivity index (χ0n) is 10.0. The minimum atomic E-state index is -3.98. The van der Waals surface area contributed by atoms with Gasteiger partial charge in [-0.2, -0.15) is 0 Å². The number of hydrogen-bond acceptors (Lipinski definition) is 5. The molecule has 0 aliphatic rings. The number of carbonyl (C=O) groups is 1. The second-order valence-corrected chi connectivity index (χ2v) is 5.83. The van der Waals surface area contributed by atoms with Crippen molar-refractivity contribution in [3.05, 3.63) is 53.9 Å². The molecule has 2 aromatic rings. The molecule has 104 valence electrons. The molecule has 1 N–H and O–H groups in total. The summed E-state index contributed by atoms with van der Waals surface area (Å²) in [6.07, 6.45) is 2.75. The van der Waals surface area contributed by atoms with E-state index in [1.54, 1.807) is 0 Å². The third-order valence-corrected chi connectivity index (χ3v) is 4.09. The second kappa shape index (κ2) is 5.33. The fourth-order valence-electron chi connectivity index (χ4n) is 1.54. The lowest BCUT2D eigenvalue weighted by Gasteiger charge is -2.05. The van der Waals surface area contributed by atoms with Gasteiger partial charge in [0.1, 0.15) is 22.3 Å². The summed E-state index contributed by atoms with van der Waals surface area (Å²) in [5, 5.41) is 8.70. The van der Waals surface area contributed by atoms with Gasteiger partial charge in [0, 0.05) is 12.4 Å². The molecule has 0 saturated heterocycles. The predicted octanol–water partition coefficient (Wildman–Crippen LogP) is 1.29. The van der Waals surface area contributed by atoms with Crippen LogP contribution >= 0.6 is 0 Å². The van der Waals surface area contributed by atoms with Gasteiger partial charge in [-0.3, -0.25) is 0 Å². The van der Waals surface area contributed by atoms with E-state index < -0.39 is 32.3 Å². The number of aromatic carboxylic acids is 1. The van der Waals surface area contributed by atoms with Crippen molar-refractivity contribution in [3.8, 4) is 0 Å². The van der Waals surface area contributed by atoms with Gasteiger partial charge >= 0.3 is 5.97 Å². The smallest absolute Gasteiger partial charge is 0.335 e. The average molecular weight is 296 g/mol. The van der Waals surface area contributed by atoms with Crippen molar-refractivity contribution in [2.45, 2.75) is 10.6 Å². The first-order chi connectivity index (χ1) is 9.40. The molecule has 0 aliphatic carbocycles. The van der Waals surface area contributed by atoms with Crippen LogP contribution in [0.3, 0.4) is 0 Å². The van der Waals surface area contributed by atoms with E-state index in [1.165, 1.54) is 18.5 Å². The van der Waals surface area contributed by atoms with Gasteiger partial charge in [-0.1, -0.05) is 0 Å². The molecular formula is C12H9FN2O4S. The molecule has 1 aromatic heterocycles. The van der Waals surface area contributed by atoms with E-state index in [4.69, 9.17) is 5.11 Å². The van der Waals surface area contributed by atoms with Gasteiger partial charge in [0.2, 0.25) is 0 Å². The molecule has 8 heteroatoms. The SMILES string of the molecule is O=C(O)c1ccc(S(=O)(=O)Cc2ncccn2)c(F)c1. The minimum Gasteiger partial charge on any atom is -0.478 e. The maximum absolute atomic E-state index is 13.7. The highest BCUT2D eigenvalue weighted by Gasteiger charge is 2.22. The number of nitrogens with zero attached hydrogens (tertiary/aromatic N) is 2. The first kappa shape index (κ1) is 14.1. The van der Waals surface area contributed by atoms with E-state index in [1.807, 2.05) is 0 Å². The van der Waals surface area contributed by atoms with Crippen molar-refractivity contribution in [3.63, 3.8) is 0 Å². The van der Waals surface area contributed by atoms with Gasteiger partial charge < -0.3 is 5.11 Å².